The first-order chi connectivity index (χ1) is 13.7. The Balaban J connectivity index is 1.25. The third kappa shape index (κ3) is 3.10. The normalized spacial score (nSPS) is 21.0. The van der Waals surface area contributed by atoms with E-state index in [9.17, 15) is 4.79 Å². The van der Waals surface area contributed by atoms with E-state index >= 15 is 0 Å². The monoisotopic (exact) mass is 374 g/mol. The zero-order chi connectivity index (χ0) is 19.1. The molecule has 0 bridgehead atoms. The number of carbonyl (C=O) groups is 1. The summed E-state index contributed by atoms with van der Waals surface area (Å²) in [6.45, 7) is 5.23. The minimum atomic E-state index is 0.150. The molecule has 5 heteroatoms. The molecule has 28 heavy (non-hydrogen) atoms. The van der Waals surface area contributed by atoms with Gasteiger partial charge in [0.1, 0.15) is 0 Å². The Hall–Kier alpha value is -2.66. The molecule has 1 amide bonds. The molecule has 0 radical (unpaired) electrons. The number of benzene rings is 2. The molecule has 1 aromatic heterocycles. The summed E-state index contributed by atoms with van der Waals surface area (Å²) < 4.78 is 0. The number of H-pyrrole nitrogens is 1. The number of hydrogen-bond acceptors (Lipinski definition) is 3. The molecule has 144 valence electrons. The van der Waals surface area contributed by atoms with Crippen molar-refractivity contribution in [3.63, 3.8) is 0 Å². The fraction of sp³-hybridized carbons (Fsp3) is 0.391. The summed E-state index contributed by atoms with van der Waals surface area (Å²) in [4.78, 5) is 24.8. The van der Waals surface area contributed by atoms with Crippen LogP contribution >= 0.6 is 0 Å². The Morgan fingerprint density at radius 1 is 1.07 bits per heavy atom. The van der Waals surface area contributed by atoms with E-state index in [-0.39, 0.29) is 5.91 Å². The molecule has 0 aliphatic carbocycles. The maximum Gasteiger partial charge on any atom is 0.253 e. The number of amides is 1. The van der Waals surface area contributed by atoms with Gasteiger partial charge >= 0.3 is 0 Å². The highest BCUT2D eigenvalue weighted by Gasteiger charge is 2.37. The maximum atomic E-state index is 12.8. The predicted molar refractivity (Wildman–Crippen MR) is 111 cm³/mol. The second kappa shape index (κ2) is 7.06. The van der Waals surface area contributed by atoms with Crippen LogP contribution in [0.25, 0.3) is 22.2 Å². The Morgan fingerprint density at radius 3 is 2.64 bits per heavy atom. The van der Waals surface area contributed by atoms with Crippen LogP contribution in [0.4, 0.5) is 0 Å². The Labute approximate surface area is 165 Å². The van der Waals surface area contributed by atoms with Gasteiger partial charge in [0, 0.05) is 30.7 Å². The fourth-order valence-electron chi connectivity index (χ4n) is 4.60. The van der Waals surface area contributed by atoms with Crippen LogP contribution in [0.5, 0.6) is 0 Å². The van der Waals surface area contributed by atoms with Gasteiger partial charge in [-0.25, -0.2) is 4.98 Å². The average Bonchev–Trinajstić information content (AvgIpc) is 3.16. The minimum absolute atomic E-state index is 0.150. The van der Waals surface area contributed by atoms with Gasteiger partial charge in [-0.1, -0.05) is 24.6 Å². The Kier molecular flexibility index (Phi) is 4.40. The summed E-state index contributed by atoms with van der Waals surface area (Å²) in [5, 5.41) is 0. The number of imidazole rings is 1. The number of aromatic nitrogens is 2. The smallest absolute Gasteiger partial charge is 0.253 e. The van der Waals surface area contributed by atoms with E-state index in [0.717, 1.165) is 40.8 Å². The number of hydrogen-bond donors (Lipinski definition) is 1. The number of aromatic amines is 1. The Morgan fingerprint density at radius 2 is 1.86 bits per heavy atom. The lowest BCUT2D eigenvalue weighted by molar-refractivity contribution is 0.00213. The third-order valence-corrected chi connectivity index (χ3v) is 6.36. The van der Waals surface area contributed by atoms with E-state index < -0.39 is 0 Å². The van der Waals surface area contributed by atoms with Gasteiger partial charge in [-0.15, -0.1) is 0 Å². The van der Waals surface area contributed by atoms with E-state index in [1.165, 1.54) is 25.8 Å². The molecule has 3 heterocycles. The van der Waals surface area contributed by atoms with E-state index in [4.69, 9.17) is 0 Å². The van der Waals surface area contributed by atoms with Crippen molar-refractivity contribution in [2.75, 3.05) is 19.6 Å². The highest BCUT2D eigenvalue weighted by molar-refractivity contribution is 5.95. The standard InChI is InChI=1S/C23H26N4O/c1-16-4-2-3-11-27(16)20-13-26(14-20)23(28)18-7-5-17(6-8-18)19-9-10-21-22(12-19)25-15-24-21/h5-10,12,15-16,20H,2-4,11,13-14H2,1H3,(H,24,25)/t16-/m0/s1. The molecule has 2 aliphatic heterocycles. The molecule has 2 aromatic carbocycles. The quantitative estimate of drug-likeness (QED) is 0.756. The molecule has 1 N–H and O–H groups in total. The van der Waals surface area contributed by atoms with Crippen molar-refractivity contribution in [3.8, 4) is 11.1 Å². The van der Waals surface area contributed by atoms with Gasteiger partial charge in [-0.2, -0.15) is 0 Å². The van der Waals surface area contributed by atoms with E-state index in [1.54, 1.807) is 6.33 Å². The summed E-state index contributed by atoms with van der Waals surface area (Å²) >= 11 is 0. The lowest BCUT2D eigenvalue weighted by Crippen LogP contribution is -2.63. The van der Waals surface area contributed by atoms with Gasteiger partial charge in [-0.3, -0.25) is 9.69 Å². The zero-order valence-corrected chi connectivity index (χ0v) is 16.3. The van der Waals surface area contributed by atoms with Crippen molar-refractivity contribution in [2.45, 2.75) is 38.3 Å². The molecule has 5 rings (SSSR count). The largest absolute Gasteiger partial charge is 0.345 e. The first kappa shape index (κ1) is 17.4. The van der Waals surface area contributed by atoms with Gasteiger partial charge in [0.15, 0.2) is 0 Å². The average molecular weight is 374 g/mol. The van der Waals surface area contributed by atoms with E-state index in [1.807, 2.05) is 35.2 Å². The summed E-state index contributed by atoms with van der Waals surface area (Å²) in [7, 11) is 0. The van der Waals surface area contributed by atoms with Crippen molar-refractivity contribution in [1.29, 1.82) is 0 Å². The first-order valence-electron chi connectivity index (χ1n) is 10.3. The number of carbonyl (C=O) groups excluding carboxylic acids is 1. The molecule has 0 spiro atoms. The van der Waals surface area contributed by atoms with Crippen LogP contribution in [0, 0.1) is 0 Å². The molecular formula is C23H26N4O. The lowest BCUT2D eigenvalue weighted by atomic mass is 9.96. The van der Waals surface area contributed by atoms with Crippen LogP contribution in [0.1, 0.15) is 36.5 Å². The predicted octanol–water partition coefficient (Wildman–Crippen LogP) is 3.93. The summed E-state index contributed by atoms with van der Waals surface area (Å²) in [6.07, 6.45) is 5.63. The lowest BCUT2D eigenvalue weighted by Gasteiger charge is -2.49. The number of nitrogens with one attached hydrogen (secondary N) is 1. The highest BCUT2D eigenvalue weighted by atomic mass is 16.2. The van der Waals surface area contributed by atoms with Crippen molar-refractivity contribution in [1.82, 2.24) is 19.8 Å². The minimum Gasteiger partial charge on any atom is -0.345 e. The summed E-state index contributed by atoms with van der Waals surface area (Å²) in [6, 6.07) is 15.4. The molecule has 1 atom stereocenters. The summed E-state index contributed by atoms with van der Waals surface area (Å²) in [5.74, 6) is 0.150. The van der Waals surface area contributed by atoms with Crippen molar-refractivity contribution >= 4 is 16.9 Å². The molecule has 2 aliphatic rings. The molecular weight excluding hydrogens is 348 g/mol. The number of nitrogens with zero attached hydrogens (tertiary/aromatic N) is 3. The van der Waals surface area contributed by atoms with Crippen molar-refractivity contribution in [2.24, 2.45) is 0 Å². The SMILES string of the molecule is C[C@H]1CCCCN1C1CN(C(=O)c2ccc(-c3ccc4nc[nH]c4c3)cc2)C1. The molecule has 0 saturated carbocycles. The van der Waals surface area contributed by atoms with Crippen LogP contribution in [-0.2, 0) is 0 Å². The van der Waals surface area contributed by atoms with Gasteiger partial charge in [0.05, 0.1) is 17.4 Å². The number of rotatable bonds is 3. The van der Waals surface area contributed by atoms with E-state index in [2.05, 4.69) is 33.9 Å². The van der Waals surface area contributed by atoms with Crippen LogP contribution in [0.2, 0.25) is 0 Å². The van der Waals surface area contributed by atoms with Gasteiger partial charge < -0.3 is 9.88 Å². The second-order valence-corrected chi connectivity index (χ2v) is 8.16. The highest BCUT2D eigenvalue weighted by Crippen LogP contribution is 2.27. The van der Waals surface area contributed by atoms with Crippen molar-refractivity contribution < 1.29 is 4.79 Å². The molecule has 2 saturated heterocycles. The van der Waals surface area contributed by atoms with Gasteiger partial charge in [0.25, 0.3) is 5.91 Å². The molecule has 3 aromatic rings. The second-order valence-electron chi connectivity index (χ2n) is 8.16. The van der Waals surface area contributed by atoms with E-state index in [0.29, 0.717) is 12.1 Å². The molecule has 5 nitrogen and oxygen atoms in total. The van der Waals surface area contributed by atoms with Crippen LogP contribution < -0.4 is 0 Å². The van der Waals surface area contributed by atoms with Crippen LogP contribution in [0.15, 0.2) is 48.8 Å². The van der Waals surface area contributed by atoms with Crippen molar-refractivity contribution in [3.05, 3.63) is 54.4 Å². The molecule has 0 unspecified atom stereocenters. The first-order valence-corrected chi connectivity index (χ1v) is 10.3. The third-order valence-electron chi connectivity index (χ3n) is 6.36. The van der Waals surface area contributed by atoms with Crippen LogP contribution in [0.3, 0.4) is 0 Å². The number of fused-ring (bicyclic) bond motifs is 1. The Bertz CT molecular complexity index is 987. The number of piperidine rings is 1. The van der Waals surface area contributed by atoms with Crippen LogP contribution in [-0.4, -0.2) is 57.4 Å². The van der Waals surface area contributed by atoms with Gasteiger partial charge in [-0.05, 0) is 61.7 Å². The zero-order valence-electron chi connectivity index (χ0n) is 16.3. The fourth-order valence-corrected chi connectivity index (χ4v) is 4.60. The van der Waals surface area contributed by atoms with Gasteiger partial charge in [0.2, 0.25) is 0 Å². The maximum absolute atomic E-state index is 12.8. The number of likely N-dealkylation sites (tertiary alicyclic amines) is 2. The summed E-state index contributed by atoms with van der Waals surface area (Å²) in [5.41, 5.74) is 4.99. The molecule has 2 fully saturated rings. The topological polar surface area (TPSA) is 52.2 Å².